The molecule has 0 aromatic heterocycles. The molecule has 0 radical (unpaired) electrons. The normalized spacial score (nSPS) is 10.7. The largest absolute Gasteiger partial charge is 0.486 e. The zero-order valence-electron chi connectivity index (χ0n) is 11.6. The van der Waals surface area contributed by atoms with E-state index in [2.05, 4.69) is 5.32 Å². The summed E-state index contributed by atoms with van der Waals surface area (Å²) in [5, 5.41) is 3.51. The number of rotatable bonds is 6. The van der Waals surface area contributed by atoms with E-state index in [1.165, 1.54) is 24.3 Å². The summed E-state index contributed by atoms with van der Waals surface area (Å²) in [6.07, 6.45) is 0. The second-order valence-electron chi connectivity index (χ2n) is 4.57. The Morgan fingerprint density at radius 3 is 2.67 bits per heavy atom. The molecule has 0 aliphatic rings. The van der Waals surface area contributed by atoms with Crippen molar-refractivity contribution in [3.8, 4) is 5.75 Å². The van der Waals surface area contributed by atoms with Gasteiger partial charge in [0.15, 0.2) is 11.6 Å². The molecule has 0 atom stereocenters. The number of halogens is 3. The molecule has 0 aliphatic carbocycles. The van der Waals surface area contributed by atoms with Gasteiger partial charge in [-0.25, -0.2) is 8.78 Å². The predicted octanol–water partition coefficient (Wildman–Crippen LogP) is 4.31. The van der Waals surface area contributed by atoms with Gasteiger partial charge in [0.05, 0.1) is 0 Å². The fourth-order valence-electron chi connectivity index (χ4n) is 1.85. The Kier molecular flexibility index (Phi) is 5.53. The molecule has 0 aliphatic heterocycles. The lowest BCUT2D eigenvalue weighted by atomic mass is 10.2. The van der Waals surface area contributed by atoms with Gasteiger partial charge in [-0.05, 0) is 42.4 Å². The minimum Gasteiger partial charge on any atom is -0.486 e. The summed E-state index contributed by atoms with van der Waals surface area (Å²) >= 11 is 5.94. The number of benzene rings is 2. The average molecular weight is 312 g/mol. The molecular weight excluding hydrogens is 296 g/mol. The van der Waals surface area contributed by atoms with Gasteiger partial charge in [0.1, 0.15) is 12.4 Å². The van der Waals surface area contributed by atoms with E-state index in [4.69, 9.17) is 16.3 Å². The summed E-state index contributed by atoms with van der Waals surface area (Å²) < 4.78 is 32.4. The van der Waals surface area contributed by atoms with E-state index < -0.39 is 11.6 Å². The first-order valence-corrected chi connectivity index (χ1v) is 7.04. The zero-order valence-corrected chi connectivity index (χ0v) is 12.4. The quantitative estimate of drug-likeness (QED) is 0.858. The number of nitrogens with one attached hydrogen (secondary N) is 1. The molecule has 2 nitrogen and oxygen atoms in total. The van der Waals surface area contributed by atoms with Crippen molar-refractivity contribution in [1.29, 1.82) is 0 Å². The van der Waals surface area contributed by atoms with Crippen molar-refractivity contribution < 1.29 is 13.5 Å². The Hall–Kier alpha value is -1.65. The van der Waals surface area contributed by atoms with Gasteiger partial charge in [0.2, 0.25) is 0 Å². The fraction of sp³-hybridized carbons (Fsp3) is 0.250. The third-order valence-corrected chi connectivity index (χ3v) is 3.34. The molecular formula is C16H16ClF2NO. The first-order chi connectivity index (χ1) is 10.1. The molecule has 0 saturated carbocycles. The molecule has 112 valence electrons. The molecule has 2 rings (SSSR count). The van der Waals surface area contributed by atoms with E-state index >= 15 is 0 Å². The first kappa shape index (κ1) is 15.7. The van der Waals surface area contributed by atoms with E-state index in [9.17, 15) is 8.78 Å². The summed E-state index contributed by atoms with van der Waals surface area (Å²) in [5.41, 5.74) is 1.32. The van der Waals surface area contributed by atoms with E-state index in [1.807, 2.05) is 6.92 Å². The Balaban J connectivity index is 2.04. The molecule has 0 spiro atoms. The van der Waals surface area contributed by atoms with Crippen LogP contribution in [-0.2, 0) is 13.2 Å². The summed E-state index contributed by atoms with van der Waals surface area (Å²) in [7, 11) is 0. The van der Waals surface area contributed by atoms with Crippen LogP contribution in [0.2, 0.25) is 5.02 Å². The second-order valence-corrected chi connectivity index (χ2v) is 4.98. The van der Waals surface area contributed by atoms with E-state index in [1.54, 1.807) is 12.1 Å². The van der Waals surface area contributed by atoms with Crippen molar-refractivity contribution in [2.45, 2.75) is 20.1 Å². The second kappa shape index (κ2) is 7.38. The van der Waals surface area contributed by atoms with Crippen LogP contribution in [0.15, 0.2) is 36.4 Å². The number of hydrogen-bond donors (Lipinski definition) is 1. The Labute approximate surface area is 127 Å². The van der Waals surface area contributed by atoms with Gasteiger partial charge in [0, 0.05) is 17.1 Å². The van der Waals surface area contributed by atoms with Crippen LogP contribution in [0.1, 0.15) is 18.1 Å². The molecule has 21 heavy (non-hydrogen) atoms. The van der Waals surface area contributed by atoms with E-state index in [0.717, 1.165) is 12.1 Å². The highest BCUT2D eigenvalue weighted by molar-refractivity contribution is 6.31. The summed E-state index contributed by atoms with van der Waals surface area (Å²) in [6.45, 7) is 3.41. The zero-order chi connectivity index (χ0) is 15.2. The maximum atomic E-state index is 13.9. The van der Waals surface area contributed by atoms with Crippen molar-refractivity contribution >= 4 is 11.6 Å². The number of ether oxygens (including phenoxy) is 1. The molecule has 0 saturated heterocycles. The summed E-state index contributed by atoms with van der Waals surface area (Å²) in [4.78, 5) is 0. The molecule has 0 unspecified atom stereocenters. The molecule has 1 N–H and O–H groups in total. The van der Waals surface area contributed by atoms with Crippen molar-refractivity contribution in [3.63, 3.8) is 0 Å². The predicted molar refractivity (Wildman–Crippen MR) is 79.5 cm³/mol. The molecule has 5 heteroatoms. The van der Waals surface area contributed by atoms with Gasteiger partial charge in [-0.1, -0.05) is 24.6 Å². The lowest BCUT2D eigenvalue weighted by Crippen LogP contribution is -2.11. The topological polar surface area (TPSA) is 21.3 Å². The van der Waals surface area contributed by atoms with Gasteiger partial charge in [0.25, 0.3) is 0 Å². The molecule has 0 heterocycles. The van der Waals surface area contributed by atoms with Crippen LogP contribution in [0, 0.1) is 11.6 Å². The van der Waals surface area contributed by atoms with Crippen LogP contribution in [0.5, 0.6) is 5.75 Å². The molecule has 0 fully saturated rings. The van der Waals surface area contributed by atoms with Crippen molar-refractivity contribution in [1.82, 2.24) is 5.32 Å². The average Bonchev–Trinajstić information content (AvgIpc) is 2.47. The smallest absolute Gasteiger partial charge is 0.165 e. The van der Waals surface area contributed by atoms with Crippen LogP contribution in [-0.4, -0.2) is 6.54 Å². The van der Waals surface area contributed by atoms with Crippen LogP contribution < -0.4 is 10.1 Å². The van der Waals surface area contributed by atoms with Crippen LogP contribution in [0.4, 0.5) is 8.78 Å². The highest BCUT2D eigenvalue weighted by Crippen LogP contribution is 2.22. The minimum atomic E-state index is -0.446. The first-order valence-electron chi connectivity index (χ1n) is 6.66. The van der Waals surface area contributed by atoms with Crippen LogP contribution in [0.25, 0.3) is 0 Å². The molecule has 2 aromatic rings. The highest BCUT2D eigenvalue weighted by Gasteiger charge is 2.07. The third-order valence-electron chi connectivity index (χ3n) is 2.97. The van der Waals surface area contributed by atoms with Gasteiger partial charge in [-0.3, -0.25) is 0 Å². The van der Waals surface area contributed by atoms with E-state index in [-0.39, 0.29) is 12.4 Å². The maximum Gasteiger partial charge on any atom is 0.165 e. The number of hydrogen-bond acceptors (Lipinski definition) is 2. The SMILES string of the molecule is CCNCc1ccc(OCc2cc(F)ccc2Cl)c(F)c1. The Bertz CT molecular complexity index is 619. The summed E-state index contributed by atoms with van der Waals surface area (Å²) in [5.74, 6) is -0.729. The maximum absolute atomic E-state index is 13.9. The van der Waals surface area contributed by atoms with Gasteiger partial charge >= 0.3 is 0 Å². The highest BCUT2D eigenvalue weighted by atomic mass is 35.5. The van der Waals surface area contributed by atoms with Gasteiger partial charge < -0.3 is 10.1 Å². The van der Waals surface area contributed by atoms with Crippen molar-refractivity contribution in [2.75, 3.05) is 6.54 Å². The van der Waals surface area contributed by atoms with Crippen LogP contribution >= 0.6 is 11.6 Å². The van der Waals surface area contributed by atoms with Gasteiger partial charge in [-0.15, -0.1) is 0 Å². The fourth-order valence-corrected chi connectivity index (χ4v) is 2.02. The van der Waals surface area contributed by atoms with Crippen molar-refractivity contribution in [2.24, 2.45) is 0 Å². The Morgan fingerprint density at radius 1 is 1.14 bits per heavy atom. The minimum absolute atomic E-state index is 0.0140. The summed E-state index contributed by atoms with van der Waals surface area (Å²) in [6, 6.07) is 8.77. The molecule has 0 amide bonds. The van der Waals surface area contributed by atoms with Crippen LogP contribution in [0.3, 0.4) is 0 Å². The molecule has 2 aromatic carbocycles. The third kappa shape index (κ3) is 4.41. The standard InChI is InChI=1S/C16H16ClF2NO/c1-2-20-9-11-3-6-16(15(19)7-11)21-10-12-8-13(18)4-5-14(12)17/h3-8,20H,2,9-10H2,1H3. The van der Waals surface area contributed by atoms with E-state index in [0.29, 0.717) is 17.1 Å². The Morgan fingerprint density at radius 2 is 1.95 bits per heavy atom. The lowest BCUT2D eigenvalue weighted by molar-refractivity contribution is 0.289. The van der Waals surface area contributed by atoms with Crippen molar-refractivity contribution in [3.05, 3.63) is 64.2 Å². The van der Waals surface area contributed by atoms with Gasteiger partial charge in [-0.2, -0.15) is 0 Å². The molecule has 0 bridgehead atoms. The monoisotopic (exact) mass is 311 g/mol. The lowest BCUT2D eigenvalue weighted by Gasteiger charge is -2.10.